The average molecular weight is 304 g/mol. The van der Waals surface area contributed by atoms with Gasteiger partial charge in [0, 0.05) is 19.0 Å². The third kappa shape index (κ3) is 2.88. The molecular formula is C12H19BrFN3. The predicted octanol–water partition coefficient (Wildman–Crippen LogP) is 3.07. The molecule has 1 aromatic heterocycles. The van der Waals surface area contributed by atoms with Crippen LogP contribution in [0.5, 0.6) is 0 Å². The number of rotatable bonds is 4. The van der Waals surface area contributed by atoms with Gasteiger partial charge in [-0.1, -0.05) is 6.92 Å². The van der Waals surface area contributed by atoms with E-state index >= 15 is 0 Å². The standard InChI is InChI=1S/C12H19BrFN3/c1-2-6-17-12(10(13)8-16-17)11(14)9-4-3-5-15-7-9/h8-9,11,15H,2-7H2,1H3. The Morgan fingerprint density at radius 1 is 1.71 bits per heavy atom. The molecule has 1 aliphatic rings. The van der Waals surface area contributed by atoms with Crippen LogP contribution in [0.15, 0.2) is 10.7 Å². The van der Waals surface area contributed by atoms with E-state index < -0.39 is 6.17 Å². The first-order valence-electron chi connectivity index (χ1n) is 6.30. The van der Waals surface area contributed by atoms with E-state index in [2.05, 4.69) is 33.3 Å². The summed E-state index contributed by atoms with van der Waals surface area (Å²) in [6, 6.07) is 0. The highest BCUT2D eigenvalue weighted by molar-refractivity contribution is 9.10. The van der Waals surface area contributed by atoms with Crippen molar-refractivity contribution in [3.05, 3.63) is 16.4 Å². The van der Waals surface area contributed by atoms with E-state index in [0.29, 0.717) is 5.69 Å². The second kappa shape index (κ2) is 5.96. The first-order chi connectivity index (χ1) is 8.24. The van der Waals surface area contributed by atoms with Crippen molar-refractivity contribution in [2.75, 3.05) is 13.1 Å². The number of hydrogen-bond donors (Lipinski definition) is 1. The molecule has 1 N–H and O–H groups in total. The van der Waals surface area contributed by atoms with Crippen LogP contribution in [0.4, 0.5) is 4.39 Å². The smallest absolute Gasteiger partial charge is 0.147 e. The van der Waals surface area contributed by atoms with Crippen molar-refractivity contribution in [1.82, 2.24) is 15.1 Å². The zero-order valence-electron chi connectivity index (χ0n) is 10.1. The van der Waals surface area contributed by atoms with Gasteiger partial charge < -0.3 is 5.32 Å². The van der Waals surface area contributed by atoms with E-state index in [4.69, 9.17) is 0 Å². The van der Waals surface area contributed by atoms with Crippen LogP contribution in [0.25, 0.3) is 0 Å². The molecule has 3 nitrogen and oxygen atoms in total. The second-order valence-corrected chi connectivity index (χ2v) is 5.46. The Morgan fingerprint density at radius 3 is 3.18 bits per heavy atom. The third-order valence-electron chi connectivity index (χ3n) is 3.28. The van der Waals surface area contributed by atoms with Gasteiger partial charge in [0.15, 0.2) is 0 Å². The van der Waals surface area contributed by atoms with Gasteiger partial charge in [0.2, 0.25) is 0 Å². The van der Waals surface area contributed by atoms with E-state index in [1.165, 1.54) is 0 Å². The van der Waals surface area contributed by atoms with E-state index in [9.17, 15) is 4.39 Å². The van der Waals surface area contributed by atoms with Gasteiger partial charge in [-0.05, 0) is 41.7 Å². The zero-order chi connectivity index (χ0) is 12.3. The average Bonchev–Trinajstić information content (AvgIpc) is 2.71. The fourth-order valence-electron chi connectivity index (χ4n) is 2.39. The highest BCUT2D eigenvalue weighted by Crippen LogP contribution is 2.34. The van der Waals surface area contributed by atoms with E-state index in [1.54, 1.807) is 10.9 Å². The Kier molecular flexibility index (Phi) is 4.56. The van der Waals surface area contributed by atoms with Gasteiger partial charge in [-0.25, -0.2) is 4.39 Å². The number of hydrogen-bond acceptors (Lipinski definition) is 2. The van der Waals surface area contributed by atoms with Gasteiger partial charge in [0.1, 0.15) is 6.17 Å². The summed E-state index contributed by atoms with van der Waals surface area (Å²) in [5, 5.41) is 7.49. The van der Waals surface area contributed by atoms with E-state index in [-0.39, 0.29) is 5.92 Å². The molecule has 1 saturated heterocycles. The lowest BCUT2D eigenvalue weighted by molar-refractivity contribution is 0.182. The Morgan fingerprint density at radius 2 is 2.53 bits per heavy atom. The molecular weight excluding hydrogens is 285 g/mol. The highest BCUT2D eigenvalue weighted by atomic mass is 79.9. The molecule has 0 spiro atoms. The fourth-order valence-corrected chi connectivity index (χ4v) is 2.90. The zero-order valence-corrected chi connectivity index (χ0v) is 11.7. The van der Waals surface area contributed by atoms with E-state index in [1.807, 2.05) is 0 Å². The normalized spacial score (nSPS) is 22.6. The minimum atomic E-state index is -0.925. The molecule has 1 fully saturated rings. The molecule has 0 saturated carbocycles. The number of nitrogens with one attached hydrogen (secondary N) is 1. The Hall–Kier alpha value is -0.420. The summed E-state index contributed by atoms with van der Waals surface area (Å²) in [5.41, 5.74) is 0.709. The number of aryl methyl sites for hydroxylation is 1. The first kappa shape index (κ1) is 13.0. The molecule has 2 atom stereocenters. The van der Waals surface area contributed by atoms with Crippen molar-refractivity contribution in [3.63, 3.8) is 0 Å². The second-order valence-electron chi connectivity index (χ2n) is 4.61. The monoisotopic (exact) mass is 303 g/mol. The van der Waals surface area contributed by atoms with Crippen LogP contribution in [-0.4, -0.2) is 22.9 Å². The lowest BCUT2D eigenvalue weighted by Crippen LogP contribution is -2.32. The van der Waals surface area contributed by atoms with Crippen molar-refractivity contribution in [2.24, 2.45) is 5.92 Å². The van der Waals surface area contributed by atoms with Crippen molar-refractivity contribution in [1.29, 1.82) is 0 Å². The molecule has 0 aromatic carbocycles. The minimum absolute atomic E-state index is 0.0763. The summed E-state index contributed by atoms with van der Waals surface area (Å²) in [7, 11) is 0. The van der Waals surface area contributed by atoms with Gasteiger partial charge in [-0.3, -0.25) is 4.68 Å². The molecule has 1 aromatic rings. The maximum Gasteiger partial charge on any atom is 0.147 e. The topological polar surface area (TPSA) is 29.9 Å². The van der Waals surface area contributed by atoms with Crippen LogP contribution in [0.3, 0.4) is 0 Å². The van der Waals surface area contributed by atoms with Gasteiger partial charge in [-0.2, -0.15) is 5.10 Å². The molecule has 2 unspecified atom stereocenters. The van der Waals surface area contributed by atoms with Gasteiger partial charge >= 0.3 is 0 Å². The lowest BCUT2D eigenvalue weighted by Gasteiger charge is -2.26. The summed E-state index contributed by atoms with van der Waals surface area (Å²) in [6.45, 7) is 4.64. The molecule has 96 valence electrons. The molecule has 5 heteroatoms. The van der Waals surface area contributed by atoms with E-state index in [0.717, 1.165) is 43.4 Å². The molecule has 0 aliphatic carbocycles. The number of piperidine rings is 1. The quantitative estimate of drug-likeness (QED) is 0.926. The molecule has 0 radical (unpaired) electrons. The third-order valence-corrected chi connectivity index (χ3v) is 3.89. The maximum absolute atomic E-state index is 14.6. The summed E-state index contributed by atoms with van der Waals surface area (Å²) in [6.07, 6.45) is 3.76. The molecule has 2 rings (SSSR count). The maximum atomic E-state index is 14.6. The molecule has 0 bridgehead atoms. The SMILES string of the molecule is CCCn1ncc(Br)c1C(F)C1CCCNC1. The van der Waals surface area contributed by atoms with Crippen LogP contribution in [-0.2, 0) is 6.54 Å². The van der Waals surface area contributed by atoms with Crippen molar-refractivity contribution in [2.45, 2.75) is 38.9 Å². The van der Waals surface area contributed by atoms with Crippen LogP contribution < -0.4 is 5.32 Å². The van der Waals surface area contributed by atoms with Crippen LogP contribution in [0.2, 0.25) is 0 Å². The summed E-state index contributed by atoms with van der Waals surface area (Å²) < 4.78 is 17.2. The van der Waals surface area contributed by atoms with Gasteiger partial charge in [0.05, 0.1) is 16.4 Å². The summed E-state index contributed by atoms with van der Waals surface area (Å²) in [5.74, 6) is 0.0763. The fraction of sp³-hybridized carbons (Fsp3) is 0.750. The summed E-state index contributed by atoms with van der Waals surface area (Å²) >= 11 is 3.41. The largest absolute Gasteiger partial charge is 0.316 e. The van der Waals surface area contributed by atoms with Gasteiger partial charge in [-0.15, -0.1) is 0 Å². The predicted molar refractivity (Wildman–Crippen MR) is 69.7 cm³/mol. The van der Waals surface area contributed by atoms with Crippen molar-refractivity contribution >= 4 is 15.9 Å². The van der Waals surface area contributed by atoms with Gasteiger partial charge in [0.25, 0.3) is 0 Å². The lowest BCUT2D eigenvalue weighted by atomic mass is 9.93. The Labute approximate surface area is 110 Å². The Balaban J connectivity index is 2.16. The van der Waals surface area contributed by atoms with Crippen LogP contribution in [0.1, 0.15) is 38.1 Å². The number of aromatic nitrogens is 2. The highest BCUT2D eigenvalue weighted by Gasteiger charge is 2.29. The number of nitrogens with zero attached hydrogens (tertiary/aromatic N) is 2. The van der Waals surface area contributed by atoms with Crippen molar-refractivity contribution in [3.8, 4) is 0 Å². The van der Waals surface area contributed by atoms with Crippen LogP contribution >= 0.6 is 15.9 Å². The minimum Gasteiger partial charge on any atom is -0.316 e. The summed E-state index contributed by atoms with van der Waals surface area (Å²) in [4.78, 5) is 0. The number of alkyl halides is 1. The first-order valence-corrected chi connectivity index (χ1v) is 7.09. The molecule has 0 amide bonds. The number of halogens is 2. The molecule has 2 heterocycles. The Bertz CT molecular complexity index is 361. The molecule has 17 heavy (non-hydrogen) atoms. The van der Waals surface area contributed by atoms with Crippen LogP contribution in [0, 0.1) is 5.92 Å². The molecule has 1 aliphatic heterocycles. The van der Waals surface area contributed by atoms with Crippen molar-refractivity contribution < 1.29 is 4.39 Å².